The van der Waals surface area contributed by atoms with Gasteiger partial charge in [-0.15, -0.1) is 0 Å². The maximum Gasteiger partial charge on any atom is 0.333 e. The van der Waals surface area contributed by atoms with Crippen LogP contribution >= 0.6 is 0 Å². The predicted octanol–water partition coefficient (Wildman–Crippen LogP) is 1.65. The van der Waals surface area contributed by atoms with Crippen LogP contribution in [0.2, 0.25) is 0 Å². The Hall–Kier alpha value is -0.870. The van der Waals surface area contributed by atoms with Crippen molar-refractivity contribution in [2.24, 2.45) is 0 Å². The summed E-state index contributed by atoms with van der Waals surface area (Å²) < 4.78 is 15.7. The second-order valence-corrected chi connectivity index (χ2v) is 3.64. The zero-order chi connectivity index (χ0) is 11.3. The lowest BCUT2D eigenvalue weighted by molar-refractivity contribution is -0.140. The van der Waals surface area contributed by atoms with Gasteiger partial charge in [0.2, 0.25) is 0 Å². The van der Waals surface area contributed by atoms with Gasteiger partial charge < -0.3 is 14.2 Å². The van der Waals surface area contributed by atoms with Crippen LogP contribution in [0.5, 0.6) is 0 Å². The zero-order valence-electron chi connectivity index (χ0n) is 9.54. The first kappa shape index (κ1) is 12.2. The van der Waals surface area contributed by atoms with E-state index >= 15 is 0 Å². The zero-order valence-corrected chi connectivity index (χ0v) is 9.54. The molecule has 15 heavy (non-hydrogen) atoms. The lowest BCUT2D eigenvalue weighted by atomic mass is 10.1. The van der Waals surface area contributed by atoms with Crippen LogP contribution in [-0.2, 0) is 19.0 Å². The Balaban J connectivity index is 2.45. The van der Waals surface area contributed by atoms with E-state index in [0.717, 1.165) is 0 Å². The molecule has 0 atom stereocenters. The minimum absolute atomic E-state index is 0.279. The summed E-state index contributed by atoms with van der Waals surface area (Å²) in [5.41, 5.74) is 0.595. The topological polar surface area (TPSA) is 44.8 Å². The minimum Gasteiger partial charge on any atom is -0.463 e. The third-order valence-electron chi connectivity index (χ3n) is 2.27. The van der Waals surface area contributed by atoms with Gasteiger partial charge in [-0.2, -0.15) is 0 Å². The summed E-state index contributed by atoms with van der Waals surface area (Å²) in [6.07, 6.45) is 2.36. The molecule has 1 rings (SSSR count). The first-order chi connectivity index (χ1) is 7.07. The Labute approximate surface area is 90.2 Å². The first-order valence-electron chi connectivity index (χ1n) is 5.19. The van der Waals surface area contributed by atoms with Gasteiger partial charge in [-0.05, 0) is 20.8 Å². The van der Waals surface area contributed by atoms with Gasteiger partial charge in [0, 0.05) is 12.0 Å². The van der Waals surface area contributed by atoms with E-state index in [1.54, 1.807) is 19.9 Å². The highest BCUT2D eigenvalue weighted by molar-refractivity contribution is 5.87. The molecule has 0 saturated carbocycles. The summed E-state index contributed by atoms with van der Waals surface area (Å²) in [4.78, 5) is 11.3. The van der Waals surface area contributed by atoms with Gasteiger partial charge in [0.15, 0.2) is 5.79 Å². The van der Waals surface area contributed by atoms with E-state index in [1.165, 1.54) is 0 Å². The molecule has 0 amide bonds. The van der Waals surface area contributed by atoms with Gasteiger partial charge in [0.1, 0.15) is 0 Å². The molecule has 4 heteroatoms. The molecule has 1 aliphatic rings. The lowest BCUT2D eigenvalue weighted by Gasteiger charge is -2.20. The van der Waals surface area contributed by atoms with Gasteiger partial charge in [0.05, 0.1) is 19.8 Å². The highest BCUT2D eigenvalue weighted by Crippen LogP contribution is 2.23. The van der Waals surface area contributed by atoms with Gasteiger partial charge in [0.25, 0.3) is 0 Å². The van der Waals surface area contributed by atoms with Gasteiger partial charge >= 0.3 is 5.97 Å². The molecule has 86 valence electrons. The summed E-state index contributed by atoms with van der Waals surface area (Å²) in [5, 5.41) is 0. The molecule has 0 aromatic rings. The molecular formula is C11H18O4. The molecule has 1 aliphatic heterocycles. The lowest BCUT2D eigenvalue weighted by Crippen LogP contribution is -2.24. The summed E-state index contributed by atoms with van der Waals surface area (Å²) in [6.45, 7) is 7.01. The highest BCUT2D eigenvalue weighted by Gasteiger charge is 2.29. The van der Waals surface area contributed by atoms with Gasteiger partial charge in [-0.25, -0.2) is 4.79 Å². The summed E-state index contributed by atoms with van der Waals surface area (Å²) in [6, 6.07) is 0. The van der Waals surface area contributed by atoms with Crippen molar-refractivity contribution in [1.82, 2.24) is 0 Å². The molecule has 1 fully saturated rings. The molecule has 0 radical (unpaired) electrons. The smallest absolute Gasteiger partial charge is 0.333 e. The van der Waals surface area contributed by atoms with Crippen LogP contribution in [0.4, 0.5) is 0 Å². The number of carbonyl (C=O) groups is 1. The van der Waals surface area contributed by atoms with Crippen LogP contribution in [0.1, 0.15) is 27.2 Å². The Bertz CT molecular complexity index is 251. The molecule has 0 bridgehead atoms. The third kappa shape index (κ3) is 3.64. The number of ether oxygens (including phenoxy) is 3. The molecule has 0 aromatic carbocycles. The summed E-state index contributed by atoms with van der Waals surface area (Å²) >= 11 is 0. The number of hydrogen-bond donors (Lipinski definition) is 0. The molecule has 0 unspecified atom stereocenters. The van der Waals surface area contributed by atoms with Crippen LogP contribution in [-0.4, -0.2) is 31.6 Å². The van der Waals surface area contributed by atoms with E-state index in [9.17, 15) is 4.79 Å². The van der Waals surface area contributed by atoms with Crippen molar-refractivity contribution in [3.63, 3.8) is 0 Å². The number of esters is 1. The number of hydrogen-bond acceptors (Lipinski definition) is 4. The van der Waals surface area contributed by atoms with E-state index < -0.39 is 5.79 Å². The first-order valence-corrected chi connectivity index (χ1v) is 5.19. The SMILES string of the molecule is CCOC(=O)/C(C)=C/CC1(C)OCCO1. The second-order valence-electron chi connectivity index (χ2n) is 3.64. The fraction of sp³-hybridized carbons (Fsp3) is 0.727. The van der Waals surface area contributed by atoms with Crippen LogP contribution < -0.4 is 0 Å². The largest absolute Gasteiger partial charge is 0.463 e. The monoisotopic (exact) mass is 214 g/mol. The maximum atomic E-state index is 11.3. The molecule has 0 aromatic heterocycles. The fourth-order valence-electron chi connectivity index (χ4n) is 1.34. The predicted molar refractivity (Wildman–Crippen MR) is 55.3 cm³/mol. The van der Waals surface area contributed by atoms with Crippen molar-refractivity contribution in [2.45, 2.75) is 33.0 Å². The van der Waals surface area contributed by atoms with E-state index in [0.29, 0.717) is 31.8 Å². The Kier molecular flexibility index (Phi) is 4.29. The van der Waals surface area contributed by atoms with E-state index in [4.69, 9.17) is 14.2 Å². The fourth-order valence-corrected chi connectivity index (χ4v) is 1.34. The van der Waals surface area contributed by atoms with E-state index in [1.807, 2.05) is 6.92 Å². The van der Waals surface area contributed by atoms with Crippen LogP contribution in [0.25, 0.3) is 0 Å². The Morgan fingerprint density at radius 2 is 2.07 bits per heavy atom. The quantitative estimate of drug-likeness (QED) is 0.527. The van der Waals surface area contributed by atoms with Crippen LogP contribution in [0.15, 0.2) is 11.6 Å². The molecule has 0 spiro atoms. The second kappa shape index (κ2) is 5.28. The van der Waals surface area contributed by atoms with Crippen molar-refractivity contribution < 1.29 is 19.0 Å². The van der Waals surface area contributed by atoms with Crippen molar-refractivity contribution in [3.8, 4) is 0 Å². The molecule has 0 aliphatic carbocycles. The van der Waals surface area contributed by atoms with Crippen LogP contribution in [0, 0.1) is 0 Å². The molecule has 1 heterocycles. The molecule has 1 saturated heterocycles. The van der Waals surface area contributed by atoms with Gasteiger partial charge in [-0.1, -0.05) is 6.08 Å². The highest BCUT2D eigenvalue weighted by atomic mass is 16.7. The maximum absolute atomic E-state index is 11.3. The normalized spacial score (nSPS) is 20.3. The van der Waals surface area contributed by atoms with Crippen molar-refractivity contribution >= 4 is 5.97 Å². The summed E-state index contributed by atoms with van der Waals surface area (Å²) in [7, 11) is 0. The summed E-state index contributed by atoms with van der Waals surface area (Å²) in [5.74, 6) is -0.854. The average molecular weight is 214 g/mol. The number of carbonyl (C=O) groups excluding carboxylic acids is 1. The molecular weight excluding hydrogens is 196 g/mol. The van der Waals surface area contributed by atoms with Crippen molar-refractivity contribution in [2.75, 3.05) is 19.8 Å². The number of rotatable bonds is 4. The molecule has 0 N–H and O–H groups in total. The molecule has 4 nitrogen and oxygen atoms in total. The van der Waals surface area contributed by atoms with E-state index in [-0.39, 0.29) is 5.97 Å². The van der Waals surface area contributed by atoms with E-state index in [2.05, 4.69) is 0 Å². The Morgan fingerprint density at radius 1 is 1.47 bits per heavy atom. The minimum atomic E-state index is -0.576. The standard InChI is InChI=1S/C11H18O4/c1-4-13-10(12)9(2)5-6-11(3)14-7-8-15-11/h5H,4,6-8H2,1-3H3/b9-5+. The average Bonchev–Trinajstić information content (AvgIpc) is 2.63. The van der Waals surface area contributed by atoms with Crippen molar-refractivity contribution in [1.29, 1.82) is 0 Å². The van der Waals surface area contributed by atoms with Crippen molar-refractivity contribution in [3.05, 3.63) is 11.6 Å². The van der Waals surface area contributed by atoms with Crippen LogP contribution in [0.3, 0.4) is 0 Å². The van der Waals surface area contributed by atoms with Gasteiger partial charge in [-0.3, -0.25) is 0 Å². The third-order valence-corrected chi connectivity index (χ3v) is 2.27. The Morgan fingerprint density at radius 3 is 2.60 bits per heavy atom.